The van der Waals surface area contributed by atoms with Gasteiger partial charge < -0.3 is 10.1 Å². The first-order chi connectivity index (χ1) is 12.3. The van der Waals surface area contributed by atoms with Crippen LogP contribution in [0.1, 0.15) is 17.2 Å². The fourth-order valence-corrected chi connectivity index (χ4v) is 3.26. The van der Waals surface area contributed by atoms with E-state index in [4.69, 9.17) is 11.6 Å². The standard InChI is InChI=1S/C18H17ClF4N2O.2ClH/c19-13-3-6-15(16(20)11-13)17(25-9-7-24-8-10-25)12-1-4-14(5-2-12)26-18(21,22)23;;/h1-6,11,17,24H,7-10H2;2*1H/t17-;;/m1../s1. The molecule has 1 fully saturated rings. The first-order valence-corrected chi connectivity index (χ1v) is 8.47. The van der Waals surface area contributed by atoms with Crippen LogP contribution in [0.25, 0.3) is 0 Å². The molecule has 0 radical (unpaired) electrons. The average molecular weight is 462 g/mol. The van der Waals surface area contributed by atoms with Crippen LogP contribution in [0, 0.1) is 5.82 Å². The zero-order valence-corrected chi connectivity index (χ0v) is 16.9. The van der Waals surface area contributed by atoms with Gasteiger partial charge in [-0.05, 0) is 29.8 Å². The minimum atomic E-state index is -4.75. The van der Waals surface area contributed by atoms with Crippen LogP contribution in [0.3, 0.4) is 0 Å². The van der Waals surface area contributed by atoms with E-state index < -0.39 is 18.2 Å². The summed E-state index contributed by atoms with van der Waals surface area (Å²) in [6.45, 7) is 2.88. The molecule has 1 saturated heterocycles. The summed E-state index contributed by atoms with van der Waals surface area (Å²) in [6, 6.07) is 9.59. The van der Waals surface area contributed by atoms with Crippen LogP contribution >= 0.6 is 36.4 Å². The summed E-state index contributed by atoms with van der Waals surface area (Å²) in [6.07, 6.45) is -4.75. The lowest BCUT2D eigenvalue weighted by Crippen LogP contribution is -2.45. The van der Waals surface area contributed by atoms with Crippen LogP contribution in [0.5, 0.6) is 5.75 Å². The number of hydrogen-bond acceptors (Lipinski definition) is 3. The molecule has 3 nitrogen and oxygen atoms in total. The van der Waals surface area contributed by atoms with Crippen molar-refractivity contribution in [3.8, 4) is 5.75 Å². The maximum atomic E-state index is 14.5. The van der Waals surface area contributed by atoms with Gasteiger partial charge in [0.25, 0.3) is 0 Å². The summed E-state index contributed by atoms with van der Waals surface area (Å²) in [5, 5.41) is 3.52. The second-order valence-corrected chi connectivity index (χ2v) is 6.41. The van der Waals surface area contributed by atoms with Crippen molar-refractivity contribution in [2.24, 2.45) is 0 Å². The first kappa shape index (κ1) is 24.8. The molecule has 0 spiro atoms. The highest BCUT2D eigenvalue weighted by atomic mass is 35.5. The Bertz CT molecular complexity index is 753. The Morgan fingerprint density at radius 1 is 1.00 bits per heavy atom. The van der Waals surface area contributed by atoms with Crippen molar-refractivity contribution < 1.29 is 22.3 Å². The minimum Gasteiger partial charge on any atom is -0.406 e. The van der Waals surface area contributed by atoms with Crippen LogP contribution in [-0.4, -0.2) is 37.4 Å². The SMILES string of the molecule is Cl.Cl.Fc1cc(Cl)ccc1[C@@H](c1ccc(OC(F)(F)F)cc1)N1CCNCC1. The molecule has 1 aliphatic heterocycles. The Morgan fingerprint density at radius 2 is 1.61 bits per heavy atom. The van der Waals surface area contributed by atoms with Gasteiger partial charge in [0, 0.05) is 36.8 Å². The molecule has 1 atom stereocenters. The van der Waals surface area contributed by atoms with Gasteiger partial charge in [-0.25, -0.2) is 4.39 Å². The predicted octanol–water partition coefficient (Wildman–Crippen LogP) is 5.22. The third-order valence-electron chi connectivity index (χ3n) is 4.20. The summed E-state index contributed by atoms with van der Waals surface area (Å²) in [5.74, 6) is -0.756. The van der Waals surface area contributed by atoms with Crippen molar-refractivity contribution >= 4 is 36.4 Å². The number of ether oxygens (including phenoxy) is 1. The molecule has 0 unspecified atom stereocenters. The van der Waals surface area contributed by atoms with Gasteiger partial charge in [0.2, 0.25) is 0 Å². The molecule has 156 valence electrons. The van der Waals surface area contributed by atoms with Gasteiger partial charge in [0.15, 0.2) is 0 Å². The zero-order chi connectivity index (χ0) is 18.7. The van der Waals surface area contributed by atoms with Crippen LogP contribution in [-0.2, 0) is 0 Å². The molecule has 1 N–H and O–H groups in total. The fraction of sp³-hybridized carbons (Fsp3) is 0.333. The van der Waals surface area contributed by atoms with E-state index in [0.717, 1.165) is 13.1 Å². The molecule has 2 aromatic carbocycles. The lowest BCUT2D eigenvalue weighted by molar-refractivity contribution is -0.274. The zero-order valence-electron chi connectivity index (χ0n) is 14.5. The number of benzene rings is 2. The number of alkyl halides is 3. The number of rotatable bonds is 4. The topological polar surface area (TPSA) is 24.5 Å². The van der Waals surface area contributed by atoms with E-state index in [2.05, 4.69) is 15.0 Å². The van der Waals surface area contributed by atoms with E-state index in [0.29, 0.717) is 29.2 Å². The molecule has 1 heterocycles. The van der Waals surface area contributed by atoms with Gasteiger partial charge in [0.1, 0.15) is 11.6 Å². The fourth-order valence-electron chi connectivity index (χ4n) is 3.10. The highest BCUT2D eigenvalue weighted by Gasteiger charge is 2.31. The number of hydrogen-bond donors (Lipinski definition) is 1. The van der Waals surface area contributed by atoms with Crippen molar-refractivity contribution in [3.63, 3.8) is 0 Å². The van der Waals surface area contributed by atoms with Crippen molar-refractivity contribution in [2.75, 3.05) is 26.2 Å². The maximum Gasteiger partial charge on any atom is 0.573 e. The van der Waals surface area contributed by atoms with Gasteiger partial charge in [-0.15, -0.1) is 38.0 Å². The van der Waals surface area contributed by atoms with Crippen molar-refractivity contribution in [1.29, 1.82) is 0 Å². The quantitative estimate of drug-likeness (QED) is 0.632. The number of nitrogens with one attached hydrogen (secondary N) is 1. The van der Waals surface area contributed by atoms with E-state index >= 15 is 0 Å². The third-order valence-corrected chi connectivity index (χ3v) is 4.44. The van der Waals surface area contributed by atoms with E-state index in [1.807, 2.05) is 0 Å². The van der Waals surface area contributed by atoms with Crippen LogP contribution in [0.2, 0.25) is 5.02 Å². The third kappa shape index (κ3) is 6.39. The number of halogens is 7. The highest BCUT2D eigenvalue weighted by molar-refractivity contribution is 6.30. The van der Waals surface area contributed by atoms with E-state index in [1.165, 1.54) is 30.3 Å². The van der Waals surface area contributed by atoms with E-state index in [-0.39, 0.29) is 30.6 Å². The van der Waals surface area contributed by atoms with Crippen LogP contribution in [0.4, 0.5) is 17.6 Å². The lowest BCUT2D eigenvalue weighted by atomic mass is 9.96. The van der Waals surface area contributed by atoms with Crippen molar-refractivity contribution in [1.82, 2.24) is 10.2 Å². The largest absolute Gasteiger partial charge is 0.573 e. The van der Waals surface area contributed by atoms with Gasteiger partial charge in [-0.2, -0.15) is 0 Å². The second-order valence-electron chi connectivity index (χ2n) is 5.97. The molecule has 0 aromatic heterocycles. The molecule has 3 rings (SSSR count). The summed E-state index contributed by atoms with van der Waals surface area (Å²) in [5.41, 5.74) is 1.11. The van der Waals surface area contributed by atoms with Gasteiger partial charge in [0.05, 0.1) is 6.04 Å². The normalized spacial score (nSPS) is 15.9. The van der Waals surface area contributed by atoms with Gasteiger partial charge in [-0.3, -0.25) is 4.90 Å². The Labute approximate surface area is 177 Å². The molecule has 10 heteroatoms. The Hall–Kier alpha value is -1.25. The average Bonchev–Trinajstić information content (AvgIpc) is 2.58. The lowest BCUT2D eigenvalue weighted by Gasteiger charge is -2.35. The van der Waals surface area contributed by atoms with E-state index in [1.54, 1.807) is 12.1 Å². The van der Waals surface area contributed by atoms with Gasteiger partial charge >= 0.3 is 6.36 Å². The summed E-state index contributed by atoms with van der Waals surface area (Å²) in [7, 11) is 0. The van der Waals surface area contributed by atoms with Crippen LogP contribution in [0.15, 0.2) is 42.5 Å². The minimum absolute atomic E-state index is 0. The monoisotopic (exact) mass is 460 g/mol. The Kier molecular flexibility index (Phi) is 9.30. The van der Waals surface area contributed by atoms with E-state index in [9.17, 15) is 17.6 Å². The second kappa shape index (κ2) is 10.5. The highest BCUT2D eigenvalue weighted by Crippen LogP contribution is 2.33. The molecule has 0 amide bonds. The number of piperazine rings is 1. The smallest absolute Gasteiger partial charge is 0.406 e. The van der Waals surface area contributed by atoms with Crippen LogP contribution < -0.4 is 10.1 Å². The molecular formula is C18H19Cl3F4N2O. The molecule has 0 aliphatic carbocycles. The summed E-state index contributed by atoms with van der Waals surface area (Å²) >= 11 is 5.85. The molecule has 0 saturated carbocycles. The predicted molar refractivity (Wildman–Crippen MR) is 105 cm³/mol. The Morgan fingerprint density at radius 3 is 2.14 bits per heavy atom. The summed E-state index contributed by atoms with van der Waals surface area (Å²) in [4.78, 5) is 2.09. The summed E-state index contributed by atoms with van der Waals surface area (Å²) < 4.78 is 55.5. The molecule has 2 aromatic rings. The van der Waals surface area contributed by atoms with Gasteiger partial charge in [-0.1, -0.05) is 29.8 Å². The maximum absolute atomic E-state index is 14.5. The Balaban J connectivity index is 0.00000196. The molecule has 0 bridgehead atoms. The van der Waals surface area contributed by atoms with Crippen molar-refractivity contribution in [2.45, 2.75) is 12.4 Å². The number of nitrogens with zero attached hydrogens (tertiary/aromatic N) is 1. The molecule has 28 heavy (non-hydrogen) atoms. The molecule has 1 aliphatic rings. The molecular weight excluding hydrogens is 443 g/mol. The first-order valence-electron chi connectivity index (χ1n) is 8.09. The van der Waals surface area contributed by atoms with Crippen molar-refractivity contribution in [3.05, 3.63) is 64.4 Å².